The summed E-state index contributed by atoms with van der Waals surface area (Å²) in [4.78, 5) is 19.9. The Hall–Kier alpha value is -1.95. The highest BCUT2D eigenvalue weighted by atomic mass is 32.1. The number of hydrogen-bond acceptors (Lipinski definition) is 4. The van der Waals surface area contributed by atoms with Gasteiger partial charge in [0, 0.05) is 13.6 Å². The summed E-state index contributed by atoms with van der Waals surface area (Å²) in [5.41, 5.74) is 1.61. The van der Waals surface area contributed by atoms with E-state index in [0.29, 0.717) is 11.4 Å². The highest BCUT2D eigenvalue weighted by molar-refractivity contribution is 7.17. The molecular weight excluding hydrogens is 313 g/mol. The van der Waals surface area contributed by atoms with Crippen molar-refractivity contribution < 1.29 is 9.18 Å². The van der Waals surface area contributed by atoms with Gasteiger partial charge < -0.3 is 10.2 Å². The third kappa shape index (κ3) is 3.22. The topological polar surface area (TPSA) is 45.2 Å². The summed E-state index contributed by atoms with van der Waals surface area (Å²) in [6.07, 6.45) is 2.90. The average molecular weight is 333 g/mol. The van der Waals surface area contributed by atoms with Crippen LogP contribution in [0.3, 0.4) is 0 Å². The van der Waals surface area contributed by atoms with E-state index in [9.17, 15) is 9.18 Å². The summed E-state index contributed by atoms with van der Waals surface area (Å²) in [6.45, 7) is 2.55. The number of nitrogens with zero attached hydrogens (tertiary/aromatic N) is 2. The van der Waals surface area contributed by atoms with Crippen molar-refractivity contribution in [2.75, 3.05) is 18.9 Å². The zero-order valence-electron chi connectivity index (χ0n) is 13.3. The van der Waals surface area contributed by atoms with Crippen LogP contribution in [0.15, 0.2) is 24.3 Å². The fourth-order valence-corrected chi connectivity index (χ4v) is 3.94. The molecule has 2 heterocycles. The van der Waals surface area contributed by atoms with Gasteiger partial charge in [0.1, 0.15) is 10.7 Å². The van der Waals surface area contributed by atoms with Crippen LogP contribution >= 0.6 is 11.3 Å². The third-order valence-electron chi connectivity index (χ3n) is 4.20. The van der Waals surface area contributed by atoms with Gasteiger partial charge in [-0.25, -0.2) is 9.37 Å². The molecule has 1 aromatic heterocycles. The number of aromatic nitrogens is 1. The number of halogens is 1. The second-order valence-corrected chi connectivity index (χ2v) is 6.75. The number of likely N-dealkylation sites (tertiary alicyclic amines) is 1. The molecule has 6 heteroatoms. The monoisotopic (exact) mass is 333 g/mol. The summed E-state index contributed by atoms with van der Waals surface area (Å²) < 4.78 is 13.6. The molecule has 1 N–H and O–H groups in total. The van der Waals surface area contributed by atoms with Crippen molar-refractivity contribution in [3.63, 3.8) is 0 Å². The molecule has 2 aromatic rings. The summed E-state index contributed by atoms with van der Waals surface area (Å²) in [5.74, 6) is -0.262. The minimum atomic E-state index is -0.257. The number of carbonyl (C=O) groups excluding carboxylic acids is 1. The first-order chi connectivity index (χ1) is 11.1. The molecule has 1 fully saturated rings. The molecule has 0 aliphatic carbocycles. The maximum absolute atomic E-state index is 13.6. The van der Waals surface area contributed by atoms with Gasteiger partial charge in [0.2, 0.25) is 0 Å². The maximum Gasteiger partial charge on any atom is 0.266 e. The van der Waals surface area contributed by atoms with Gasteiger partial charge >= 0.3 is 0 Å². The van der Waals surface area contributed by atoms with Crippen LogP contribution in [-0.4, -0.2) is 29.4 Å². The van der Waals surface area contributed by atoms with Crippen LogP contribution in [-0.2, 0) is 0 Å². The van der Waals surface area contributed by atoms with Crippen LogP contribution in [0, 0.1) is 12.7 Å². The average Bonchev–Trinajstić information content (AvgIpc) is 2.95. The third-order valence-corrected chi connectivity index (χ3v) is 5.36. The highest BCUT2D eigenvalue weighted by Crippen LogP contribution is 2.34. The maximum atomic E-state index is 13.6. The molecular formula is C17H20FN3OS. The molecule has 0 spiro atoms. The van der Waals surface area contributed by atoms with Crippen LogP contribution in [0.2, 0.25) is 0 Å². The normalized spacial score (nSPS) is 18.0. The predicted octanol–water partition coefficient (Wildman–Crippen LogP) is 4.00. The molecule has 3 rings (SSSR count). The fraction of sp³-hybridized carbons (Fsp3) is 0.412. The molecule has 23 heavy (non-hydrogen) atoms. The molecule has 1 amide bonds. The van der Waals surface area contributed by atoms with Crippen molar-refractivity contribution in [2.45, 2.75) is 32.2 Å². The summed E-state index contributed by atoms with van der Waals surface area (Å²) >= 11 is 1.37. The number of benzene rings is 1. The van der Waals surface area contributed by atoms with Gasteiger partial charge in [0.05, 0.1) is 11.7 Å². The lowest BCUT2D eigenvalue weighted by Gasteiger charge is -2.36. The number of amides is 1. The van der Waals surface area contributed by atoms with Crippen molar-refractivity contribution in [3.05, 3.63) is 46.2 Å². The van der Waals surface area contributed by atoms with Gasteiger partial charge in [-0.2, -0.15) is 0 Å². The minimum absolute atomic E-state index is 0.00420. The zero-order valence-corrected chi connectivity index (χ0v) is 14.1. The van der Waals surface area contributed by atoms with Gasteiger partial charge in [0.15, 0.2) is 5.13 Å². The van der Waals surface area contributed by atoms with Crippen LogP contribution < -0.4 is 5.32 Å². The van der Waals surface area contributed by atoms with Crippen molar-refractivity contribution in [2.24, 2.45) is 0 Å². The van der Waals surface area contributed by atoms with Crippen molar-refractivity contribution in [1.29, 1.82) is 0 Å². The second kappa shape index (κ2) is 6.66. The lowest BCUT2D eigenvalue weighted by molar-refractivity contribution is 0.0615. The molecule has 0 saturated carbocycles. The Balaban J connectivity index is 1.91. The molecule has 122 valence electrons. The van der Waals surface area contributed by atoms with E-state index in [-0.39, 0.29) is 17.8 Å². The Morgan fingerprint density at radius 3 is 2.96 bits per heavy atom. The van der Waals surface area contributed by atoms with E-state index in [2.05, 4.69) is 10.3 Å². The molecule has 0 bridgehead atoms. The van der Waals surface area contributed by atoms with Gasteiger partial charge in [-0.05, 0) is 43.9 Å². The number of aryl methyl sites for hydroxylation is 1. The summed E-state index contributed by atoms with van der Waals surface area (Å²) in [7, 11) is 1.79. The number of anilines is 1. The van der Waals surface area contributed by atoms with Gasteiger partial charge in [-0.15, -0.1) is 0 Å². The number of carbonyl (C=O) groups is 1. The Labute approximate surface area is 139 Å². The number of rotatable bonds is 3. The quantitative estimate of drug-likeness (QED) is 0.923. The molecule has 1 aliphatic heterocycles. The SMILES string of the molecule is CNc1nc(C)c(C(=O)N2CCCCC2c2cccc(F)c2)s1. The highest BCUT2D eigenvalue weighted by Gasteiger charge is 2.31. The van der Waals surface area contributed by atoms with Crippen LogP contribution in [0.5, 0.6) is 0 Å². The Bertz CT molecular complexity index is 716. The minimum Gasteiger partial charge on any atom is -0.365 e. The molecule has 4 nitrogen and oxygen atoms in total. The Morgan fingerprint density at radius 1 is 1.43 bits per heavy atom. The Kier molecular flexibility index (Phi) is 4.61. The molecule has 1 aliphatic rings. The first-order valence-electron chi connectivity index (χ1n) is 7.81. The molecule has 1 saturated heterocycles. The number of hydrogen-bond donors (Lipinski definition) is 1. The summed E-state index contributed by atoms with van der Waals surface area (Å²) in [6, 6.07) is 6.52. The van der Waals surface area contributed by atoms with Crippen molar-refractivity contribution >= 4 is 22.4 Å². The smallest absolute Gasteiger partial charge is 0.266 e. The first-order valence-corrected chi connectivity index (χ1v) is 8.63. The number of thiazole rings is 1. The first kappa shape index (κ1) is 15.9. The lowest BCUT2D eigenvalue weighted by atomic mass is 9.95. The standard InChI is InChI=1S/C17H20FN3OS/c1-11-15(23-17(19-2)20-11)16(22)21-9-4-3-8-14(21)12-6-5-7-13(18)10-12/h5-7,10,14H,3-4,8-9H2,1-2H3,(H,19,20). The van der Waals surface area contributed by atoms with E-state index in [0.717, 1.165) is 35.7 Å². The molecule has 0 radical (unpaired) electrons. The fourth-order valence-electron chi connectivity index (χ4n) is 3.07. The van der Waals surface area contributed by atoms with Crippen molar-refractivity contribution in [3.8, 4) is 0 Å². The van der Waals surface area contributed by atoms with Gasteiger partial charge in [-0.3, -0.25) is 4.79 Å². The second-order valence-electron chi connectivity index (χ2n) is 5.75. The van der Waals surface area contributed by atoms with Crippen LogP contribution in [0.1, 0.15) is 46.2 Å². The molecule has 1 atom stereocenters. The number of nitrogens with one attached hydrogen (secondary N) is 1. The van der Waals surface area contributed by atoms with Gasteiger partial charge in [-0.1, -0.05) is 23.5 Å². The van der Waals surface area contributed by atoms with E-state index in [1.165, 1.54) is 23.5 Å². The number of piperidine rings is 1. The van der Waals surface area contributed by atoms with Gasteiger partial charge in [0.25, 0.3) is 5.91 Å². The zero-order chi connectivity index (χ0) is 16.4. The van der Waals surface area contributed by atoms with Crippen LogP contribution in [0.4, 0.5) is 9.52 Å². The lowest BCUT2D eigenvalue weighted by Crippen LogP contribution is -2.38. The molecule has 1 aromatic carbocycles. The van der Waals surface area contributed by atoms with E-state index in [1.54, 1.807) is 13.1 Å². The summed E-state index contributed by atoms with van der Waals surface area (Å²) in [5, 5.41) is 3.72. The Morgan fingerprint density at radius 2 is 2.26 bits per heavy atom. The molecule has 1 unspecified atom stereocenters. The van der Waals surface area contributed by atoms with Crippen LogP contribution in [0.25, 0.3) is 0 Å². The predicted molar refractivity (Wildman–Crippen MR) is 90.4 cm³/mol. The van der Waals surface area contributed by atoms with E-state index >= 15 is 0 Å². The van der Waals surface area contributed by atoms with E-state index < -0.39 is 0 Å². The van der Waals surface area contributed by atoms with E-state index in [4.69, 9.17) is 0 Å². The largest absolute Gasteiger partial charge is 0.365 e. The van der Waals surface area contributed by atoms with Crippen molar-refractivity contribution in [1.82, 2.24) is 9.88 Å². The van der Waals surface area contributed by atoms with E-state index in [1.807, 2.05) is 17.9 Å².